The van der Waals surface area contributed by atoms with E-state index in [9.17, 15) is 0 Å². The third kappa shape index (κ3) is 1.98. The fourth-order valence-corrected chi connectivity index (χ4v) is 5.62. The van der Waals surface area contributed by atoms with Crippen LogP contribution in [0.1, 0.15) is 64.2 Å². The standard InChI is InChI=1S/C16H26N2/c1-2-4-15(17-5-3-1)18-16-9-12-6-13(10-16)8-14(7-12)11-16/h12-14H,1-11H2,(H,17,18)/p+1. The highest BCUT2D eigenvalue weighted by molar-refractivity contribution is 5.77. The van der Waals surface area contributed by atoms with Gasteiger partial charge in [0.15, 0.2) is 0 Å². The highest BCUT2D eigenvalue weighted by Crippen LogP contribution is 2.55. The number of amidine groups is 1. The molecule has 0 spiro atoms. The Morgan fingerprint density at radius 1 is 0.889 bits per heavy atom. The largest absolute Gasteiger partial charge is 0.279 e. The van der Waals surface area contributed by atoms with Crippen molar-refractivity contribution in [1.29, 1.82) is 0 Å². The summed E-state index contributed by atoms with van der Waals surface area (Å²) < 4.78 is 0. The van der Waals surface area contributed by atoms with E-state index >= 15 is 0 Å². The van der Waals surface area contributed by atoms with Crippen LogP contribution < -0.4 is 10.3 Å². The molecule has 0 aromatic carbocycles. The quantitative estimate of drug-likeness (QED) is 0.723. The van der Waals surface area contributed by atoms with E-state index in [0.717, 1.165) is 17.8 Å². The van der Waals surface area contributed by atoms with Crippen LogP contribution in [0.3, 0.4) is 0 Å². The minimum Gasteiger partial charge on any atom is -0.279 e. The van der Waals surface area contributed by atoms with Gasteiger partial charge in [0.05, 0.1) is 6.54 Å². The van der Waals surface area contributed by atoms with Crippen LogP contribution in [0.2, 0.25) is 0 Å². The topological polar surface area (TPSA) is 26.0 Å². The van der Waals surface area contributed by atoms with Crippen molar-refractivity contribution in [1.82, 2.24) is 5.32 Å². The van der Waals surface area contributed by atoms with Gasteiger partial charge >= 0.3 is 0 Å². The Hall–Kier alpha value is -0.530. The lowest BCUT2D eigenvalue weighted by atomic mass is 9.53. The molecule has 4 saturated carbocycles. The first-order valence-corrected chi connectivity index (χ1v) is 8.19. The molecule has 0 atom stereocenters. The number of rotatable bonds is 1. The summed E-state index contributed by atoms with van der Waals surface area (Å²) in [6, 6.07) is 0. The minimum absolute atomic E-state index is 0.501. The molecule has 2 heteroatoms. The van der Waals surface area contributed by atoms with Crippen LogP contribution in [0.5, 0.6) is 0 Å². The smallest absolute Gasteiger partial charge is 0.242 e. The van der Waals surface area contributed by atoms with Crippen molar-refractivity contribution >= 4 is 5.84 Å². The number of nitrogens with one attached hydrogen (secondary N) is 2. The van der Waals surface area contributed by atoms with Crippen molar-refractivity contribution in [3.05, 3.63) is 0 Å². The van der Waals surface area contributed by atoms with Crippen LogP contribution >= 0.6 is 0 Å². The van der Waals surface area contributed by atoms with Crippen LogP contribution in [-0.2, 0) is 0 Å². The zero-order valence-electron chi connectivity index (χ0n) is 11.5. The van der Waals surface area contributed by atoms with Gasteiger partial charge in [0.25, 0.3) is 0 Å². The van der Waals surface area contributed by atoms with E-state index in [2.05, 4.69) is 10.3 Å². The third-order valence-corrected chi connectivity index (χ3v) is 5.90. The zero-order chi connectivity index (χ0) is 12.0. The van der Waals surface area contributed by atoms with Crippen LogP contribution in [0, 0.1) is 17.8 Å². The molecule has 0 aromatic heterocycles. The molecule has 4 fully saturated rings. The molecule has 2 N–H and O–H groups in total. The van der Waals surface area contributed by atoms with Gasteiger partial charge in [-0.05, 0) is 75.5 Å². The molecule has 0 amide bonds. The van der Waals surface area contributed by atoms with Gasteiger partial charge in [-0.25, -0.2) is 0 Å². The molecule has 0 radical (unpaired) electrons. The van der Waals surface area contributed by atoms with E-state index in [1.54, 1.807) is 19.3 Å². The Morgan fingerprint density at radius 3 is 2.22 bits per heavy atom. The molecule has 5 rings (SSSR count). The first-order valence-electron chi connectivity index (χ1n) is 8.19. The van der Waals surface area contributed by atoms with Crippen LogP contribution in [0.25, 0.3) is 0 Å². The predicted octanol–water partition coefficient (Wildman–Crippen LogP) is 1.60. The van der Waals surface area contributed by atoms with Crippen molar-refractivity contribution in [2.24, 2.45) is 17.8 Å². The number of hydrogen-bond donors (Lipinski definition) is 2. The van der Waals surface area contributed by atoms with Gasteiger partial charge in [-0.1, -0.05) is 0 Å². The SMILES string of the molecule is C1CC[NH+]=C(NC23CC4CC(CC(C4)C2)C3)CC1. The summed E-state index contributed by atoms with van der Waals surface area (Å²) in [6.45, 7) is 1.19. The Bertz CT molecular complexity index is 323. The van der Waals surface area contributed by atoms with Crippen molar-refractivity contribution in [2.45, 2.75) is 69.7 Å². The van der Waals surface area contributed by atoms with Gasteiger partial charge in [0.2, 0.25) is 5.84 Å². The lowest BCUT2D eigenvalue weighted by Gasteiger charge is -2.54. The van der Waals surface area contributed by atoms with Crippen molar-refractivity contribution in [3.8, 4) is 0 Å². The Labute approximate surface area is 111 Å². The Balaban J connectivity index is 1.51. The first kappa shape index (κ1) is 11.3. The van der Waals surface area contributed by atoms with E-state index in [-0.39, 0.29) is 0 Å². The minimum atomic E-state index is 0.501. The molecule has 1 aliphatic heterocycles. The second-order valence-electron chi connectivity index (χ2n) is 7.54. The Morgan fingerprint density at radius 2 is 1.56 bits per heavy atom. The van der Waals surface area contributed by atoms with Gasteiger partial charge in [-0.15, -0.1) is 0 Å². The summed E-state index contributed by atoms with van der Waals surface area (Å²) in [5.74, 6) is 4.63. The zero-order valence-corrected chi connectivity index (χ0v) is 11.5. The van der Waals surface area contributed by atoms with E-state index in [1.807, 2.05) is 0 Å². The van der Waals surface area contributed by atoms with Crippen LogP contribution in [0.4, 0.5) is 0 Å². The molecule has 1 heterocycles. The maximum atomic E-state index is 4.01. The lowest BCUT2D eigenvalue weighted by molar-refractivity contribution is -0.460. The van der Waals surface area contributed by atoms with Gasteiger partial charge in [-0.2, -0.15) is 0 Å². The van der Waals surface area contributed by atoms with Crippen molar-refractivity contribution < 1.29 is 4.99 Å². The molecule has 2 nitrogen and oxygen atoms in total. The third-order valence-electron chi connectivity index (χ3n) is 5.90. The van der Waals surface area contributed by atoms with Gasteiger partial charge < -0.3 is 0 Å². The fourth-order valence-electron chi connectivity index (χ4n) is 5.62. The molecule has 0 aromatic rings. The summed E-state index contributed by atoms with van der Waals surface area (Å²) in [5, 5.41) is 4.01. The molecule has 0 saturated heterocycles. The average Bonchev–Trinajstić information content (AvgIpc) is 2.55. The van der Waals surface area contributed by atoms with Crippen LogP contribution in [0.15, 0.2) is 0 Å². The second-order valence-corrected chi connectivity index (χ2v) is 7.54. The fraction of sp³-hybridized carbons (Fsp3) is 0.938. The lowest BCUT2D eigenvalue weighted by Crippen LogP contribution is -2.78. The molecule has 0 unspecified atom stereocenters. The van der Waals surface area contributed by atoms with E-state index in [0.29, 0.717) is 5.54 Å². The summed E-state index contributed by atoms with van der Waals surface area (Å²) in [6.07, 6.45) is 14.4. The second kappa shape index (κ2) is 4.25. The molecule has 5 aliphatic rings. The van der Waals surface area contributed by atoms with Crippen molar-refractivity contribution in [3.63, 3.8) is 0 Å². The van der Waals surface area contributed by atoms with Gasteiger partial charge in [0, 0.05) is 6.42 Å². The van der Waals surface area contributed by atoms with Gasteiger partial charge in [0.1, 0.15) is 5.54 Å². The monoisotopic (exact) mass is 247 g/mol. The summed E-state index contributed by atoms with van der Waals surface area (Å²) in [5.41, 5.74) is 0.501. The summed E-state index contributed by atoms with van der Waals surface area (Å²) in [4.78, 5) is 3.66. The van der Waals surface area contributed by atoms with E-state index in [4.69, 9.17) is 0 Å². The molecule has 18 heavy (non-hydrogen) atoms. The van der Waals surface area contributed by atoms with E-state index < -0.39 is 0 Å². The highest BCUT2D eigenvalue weighted by atomic mass is 15.1. The normalized spacial score (nSPS) is 46.7. The summed E-state index contributed by atoms with van der Waals surface area (Å²) in [7, 11) is 0. The molecule has 100 valence electrons. The summed E-state index contributed by atoms with van der Waals surface area (Å²) >= 11 is 0. The predicted molar refractivity (Wildman–Crippen MR) is 73.3 cm³/mol. The number of hydrogen-bond acceptors (Lipinski definition) is 1. The van der Waals surface area contributed by atoms with E-state index in [1.165, 1.54) is 57.3 Å². The highest BCUT2D eigenvalue weighted by Gasteiger charge is 2.53. The van der Waals surface area contributed by atoms with Crippen LogP contribution in [-0.4, -0.2) is 17.9 Å². The average molecular weight is 247 g/mol. The maximum absolute atomic E-state index is 4.01. The molecular formula is C16H27N2+. The first-order chi connectivity index (χ1) is 8.81. The molecular weight excluding hydrogens is 220 g/mol. The molecule has 4 aliphatic carbocycles. The molecule has 4 bridgehead atoms. The van der Waals surface area contributed by atoms with Gasteiger partial charge in [-0.3, -0.25) is 10.3 Å². The van der Waals surface area contributed by atoms with Crippen molar-refractivity contribution in [2.75, 3.05) is 6.54 Å². The maximum Gasteiger partial charge on any atom is 0.242 e. The Kier molecular flexibility index (Phi) is 2.67.